The maximum atomic E-state index is 9.35. The summed E-state index contributed by atoms with van der Waals surface area (Å²) in [4.78, 5) is 2.64. The standard InChI is InChI=1S/C21H25NO/c23-21-8-6-16(7-9-21)10-11-22-14-19-12-18(13-20(19)15-22)17-4-2-1-3-5-17/h1-9,18-20,23H,10-15H2/t18-,19-,20+. The first-order valence-electron chi connectivity index (χ1n) is 8.83. The summed E-state index contributed by atoms with van der Waals surface area (Å²) in [5, 5.41) is 9.35. The second-order valence-electron chi connectivity index (χ2n) is 7.28. The average molecular weight is 307 g/mol. The highest BCUT2D eigenvalue weighted by atomic mass is 16.3. The van der Waals surface area contributed by atoms with Crippen molar-refractivity contribution in [2.45, 2.75) is 25.2 Å². The Balaban J connectivity index is 1.29. The zero-order valence-corrected chi connectivity index (χ0v) is 13.6. The molecule has 0 unspecified atom stereocenters. The Bertz CT molecular complexity index is 623. The van der Waals surface area contributed by atoms with E-state index in [0.717, 1.165) is 30.7 Å². The molecule has 1 N–H and O–H groups in total. The van der Waals surface area contributed by atoms with Gasteiger partial charge in [-0.1, -0.05) is 42.5 Å². The lowest BCUT2D eigenvalue weighted by Gasteiger charge is -2.19. The number of rotatable bonds is 4. The summed E-state index contributed by atoms with van der Waals surface area (Å²) >= 11 is 0. The van der Waals surface area contributed by atoms with Gasteiger partial charge < -0.3 is 10.0 Å². The van der Waals surface area contributed by atoms with Gasteiger partial charge in [0.15, 0.2) is 0 Å². The molecule has 0 radical (unpaired) electrons. The fourth-order valence-corrected chi connectivity index (χ4v) is 4.53. The molecule has 1 heterocycles. The molecule has 0 amide bonds. The number of phenolic OH excluding ortho intramolecular Hbond substituents is 1. The number of hydrogen-bond donors (Lipinski definition) is 1. The number of aromatic hydroxyl groups is 1. The molecule has 1 aliphatic heterocycles. The third kappa shape index (κ3) is 3.28. The van der Waals surface area contributed by atoms with E-state index in [1.807, 2.05) is 12.1 Å². The topological polar surface area (TPSA) is 23.5 Å². The van der Waals surface area contributed by atoms with E-state index in [9.17, 15) is 5.11 Å². The first-order valence-corrected chi connectivity index (χ1v) is 8.83. The smallest absolute Gasteiger partial charge is 0.115 e. The van der Waals surface area contributed by atoms with Crippen molar-refractivity contribution in [2.24, 2.45) is 11.8 Å². The van der Waals surface area contributed by atoms with Crippen LogP contribution in [0.2, 0.25) is 0 Å². The number of fused-ring (bicyclic) bond motifs is 1. The summed E-state index contributed by atoms with van der Waals surface area (Å²) < 4.78 is 0. The lowest BCUT2D eigenvalue weighted by atomic mass is 9.96. The normalized spacial score (nSPS) is 27.2. The molecule has 0 bridgehead atoms. The van der Waals surface area contributed by atoms with Crippen LogP contribution in [-0.2, 0) is 6.42 Å². The molecule has 2 heteroatoms. The fourth-order valence-electron chi connectivity index (χ4n) is 4.53. The minimum atomic E-state index is 0.358. The van der Waals surface area contributed by atoms with Crippen LogP contribution in [0.4, 0.5) is 0 Å². The second kappa shape index (κ2) is 6.37. The summed E-state index contributed by atoms with van der Waals surface area (Å²) in [5.74, 6) is 2.92. The quantitative estimate of drug-likeness (QED) is 0.921. The molecule has 4 rings (SSSR count). The van der Waals surface area contributed by atoms with Crippen LogP contribution < -0.4 is 0 Å². The van der Waals surface area contributed by atoms with E-state index in [4.69, 9.17) is 0 Å². The summed E-state index contributed by atoms with van der Waals surface area (Å²) in [5.41, 5.74) is 2.86. The SMILES string of the molecule is Oc1ccc(CCN2C[C@H]3C[C@@H](c4ccccc4)C[C@H]3C2)cc1. The molecule has 1 aliphatic carbocycles. The van der Waals surface area contributed by atoms with E-state index in [2.05, 4.69) is 35.2 Å². The van der Waals surface area contributed by atoms with Crippen LogP contribution in [0.5, 0.6) is 5.75 Å². The van der Waals surface area contributed by atoms with Gasteiger partial charge in [0.1, 0.15) is 5.75 Å². The van der Waals surface area contributed by atoms with E-state index in [1.54, 1.807) is 12.1 Å². The Hall–Kier alpha value is -1.80. The highest BCUT2D eigenvalue weighted by Crippen LogP contribution is 2.46. The predicted molar refractivity (Wildman–Crippen MR) is 93.6 cm³/mol. The van der Waals surface area contributed by atoms with Gasteiger partial charge in [-0.25, -0.2) is 0 Å². The number of nitrogens with zero attached hydrogens (tertiary/aromatic N) is 1. The molecule has 2 aliphatic rings. The summed E-state index contributed by atoms with van der Waals surface area (Å²) in [6.45, 7) is 3.69. The number of phenols is 1. The van der Waals surface area contributed by atoms with E-state index < -0.39 is 0 Å². The van der Waals surface area contributed by atoms with Gasteiger partial charge in [-0.2, -0.15) is 0 Å². The average Bonchev–Trinajstić information content (AvgIpc) is 3.14. The molecular weight excluding hydrogens is 282 g/mol. The Labute approximate surface area is 138 Å². The van der Waals surface area contributed by atoms with Crippen molar-refractivity contribution >= 4 is 0 Å². The van der Waals surface area contributed by atoms with Gasteiger partial charge in [0, 0.05) is 19.6 Å². The number of hydrogen-bond acceptors (Lipinski definition) is 2. The molecule has 2 nitrogen and oxygen atoms in total. The van der Waals surface area contributed by atoms with Crippen LogP contribution in [0.1, 0.15) is 29.9 Å². The van der Waals surface area contributed by atoms with Gasteiger partial charge >= 0.3 is 0 Å². The van der Waals surface area contributed by atoms with E-state index in [0.29, 0.717) is 5.75 Å². The Kier molecular flexibility index (Phi) is 4.09. The molecule has 0 spiro atoms. The molecule has 2 aromatic carbocycles. The maximum absolute atomic E-state index is 9.35. The van der Waals surface area contributed by atoms with Crippen LogP contribution in [0.25, 0.3) is 0 Å². The highest BCUT2D eigenvalue weighted by molar-refractivity contribution is 5.26. The Morgan fingerprint density at radius 1 is 0.870 bits per heavy atom. The highest BCUT2D eigenvalue weighted by Gasteiger charge is 2.40. The summed E-state index contributed by atoms with van der Waals surface area (Å²) in [6.07, 6.45) is 3.82. The van der Waals surface area contributed by atoms with Crippen molar-refractivity contribution in [3.63, 3.8) is 0 Å². The lowest BCUT2D eigenvalue weighted by molar-refractivity contribution is 0.311. The van der Waals surface area contributed by atoms with Crippen LogP contribution >= 0.6 is 0 Å². The molecule has 2 aromatic rings. The first kappa shape index (κ1) is 14.8. The van der Waals surface area contributed by atoms with Crippen LogP contribution in [0.3, 0.4) is 0 Å². The van der Waals surface area contributed by atoms with Crippen molar-refractivity contribution in [3.05, 3.63) is 65.7 Å². The van der Waals surface area contributed by atoms with Crippen LogP contribution in [0.15, 0.2) is 54.6 Å². The van der Waals surface area contributed by atoms with Crippen molar-refractivity contribution < 1.29 is 5.11 Å². The third-order valence-electron chi connectivity index (χ3n) is 5.75. The van der Waals surface area contributed by atoms with Gasteiger partial charge in [-0.3, -0.25) is 0 Å². The molecule has 1 saturated carbocycles. The zero-order valence-electron chi connectivity index (χ0n) is 13.6. The predicted octanol–water partition coefficient (Wildman–Crippen LogP) is 4.06. The molecule has 1 saturated heterocycles. The minimum Gasteiger partial charge on any atom is -0.508 e. The van der Waals surface area contributed by atoms with Crippen LogP contribution in [0, 0.1) is 11.8 Å². The number of likely N-dealkylation sites (tertiary alicyclic amines) is 1. The molecule has 0 aromatic heterocycles. The van der Waals surface area contributed by atoms with E-state index in [1.165, 1.54) is 37.1 Å². The van der Waals surface area contributed by atoms with Crippen molar-refractivity contribution in [1.82, 2.24) is 4.90 Å². The summed E-state index contributed by atoms with van der Waals surface area (Å²) in [7, 11) is 0. The van der Waals surface area contributed by atoms with Crippen molar-refractivity contribution in [2.75, 3.05) is 19.6 Å². The number of benzene rings is 2. The Morgan fingerprint density at radius 2 is 1.52 bits per heavy atom. The molecule has 2 fully saturated rings. The van der Waals surface area contributed by atoms with Gasteiger partial charge in [0.2, 0.25) is 0 Å². The van der Waals surface area contributed by atoms with Crippen molar-refractivity contribution in [3.8, 4) is 5.75 Å². The second-order valence-corrected chi connectivity index (χ2v) is 7.28. The van der Waals surface area contributed by atoms with Gasteiger partial charge in [0.25, 0.3) is 0 Å². The van der Waals surface area contributed by atoms with E-state index >= 15 is 0 Å². The lowest BCUT2D eigenvalue weighted by Crippen LogP contribution is -2.24. The van der Waals surface area contributed by atoms with Gasteiger partial charge in [0.05, 0.1) is 0 Å². The third-order valence-corrected chi connectivity index (χ3v) is 5.75. The molecule has 3 atom stereocenters. The van der Waals surface area contributed by atoms with Crippen LogP contribution in [-0.4, -0.2) is 29.6 Å². The first-order chi connectivity index (χ1) is 11.3. The largest absolute Gasteiger partial charge is 0.508 e. The fraction of sp³-hybridized carbons (Fsp3) is 0.429. The molecule has 120 valence electrons. The van der Waals surface area contributed by atoms with Crippen molar-refractivity contribution in [1.29, 1.82) is 0 Å². The zero-order chi connectivity index (χ0) is 15.6. The molecule has 23 heavy (non-hydrogen) atoms. The van der Waals surface area contributed by atoms with Gasteiger partial charge in [-0.15, -0.1) is 0 Å². The monoisotopic (exact) mass is 307 g/mol. The van der Waals surface area contributed by atoms with Gasteiger partial charge in [-0.05, 0) is 60.3 Å². The maximum Gasteiger partial charge on any atom is 0.115 e. The van der Waals surface area contributed by atoms with E-state index in [-0.39, 0.29) is 0 Å². The summed E-state index contributed by atoms with van der Waals surface area (Å²) in [6, 6.07) is 18.7. The minimum absolute atomic E-state index is 0.358. The Morgan fingerprint density at radius 3 is 2.17 bits per heavy atom. The molecular formula is C21H25NO.